The summed E-state index contributed by atoms with van der Waals surface area (Å²) in [7, 11) is 0. The van der Waals surface area contributed by atoms with Crippen molar-refractivity contribution >= 4 is 17.5 Å². The molecule has 7 heteroatoms. The van der Waals surface area contributed by atoms with Crippen molar-refractivity contribution in [3.63, 3.8) is 0 Å². The number of Topliss-reactive ketones (excluding diaryl/α,β-unsaturated/α-hetero) is 2. The minimum atomic E-state index is -1.01. The van der Waals surface area contributed by atoms with E-state index in [0.29, 0.717) is 0 Å². The molecule has 0 radical (unpaired) electrons. The molecule has 27 heavy (non-hydrogen) atoms. The van der Waals surface area contributed by atoms with Crippen molar-refractivity contribution in [2.45, 2.75) is 71.4 Å². The van der Waals surface area contributed by atoms with Crippen molar-refractivity contribution in [3.05, 3.63) is 0 Å². The predicted octanol–water partition coefficient (Wildman–Crippen LogP) is 0.766. The van der Waals surface area contributed by atoms with Crippen LogP contribution in [0.25, 0.3) is 0 Å². The molecule has 0 spiro atoms. The van der Waals surface area contributed by atoms with E-state index in [0.717, 1.165) is 25.7 Å². The molecule has 0 saturated heterocycles. The standard InChI is InChI=1S/C20H37N3O4/c1-12(2)19(26)17(11-22)23-20(27)15(13(3)24)9-18(25)16(10-21)14-7-5-4-6-8-14/h12-17,24H,4-11,21-22H2,1-3H3,(H,23,27)/t13?,15-,16?,17-/m0/s1. The summed E-state index contributed by atoms with van der Waals surface area (Å²) in [5.41, 5.74) is 11.5. The monoisotopic (exact) mass is 383 g/mol. The number of rotatable bonds is 11. The van der Waals surface area contributed by atoms with E-state index < -0.39 is 24.0 Å². The number of hydrogen-bond donors (Lipinski definition) is 4. The molecule has 1 amide bonds. The van der Waals surface area contributed by atoms with Crippen molar-refractivity contribution in [2.75, 3.05) is 13.1 Å². The number of carbonyl (C=O) groups excluding carboxylic acids is 3. The fourth-order valence-corrected chi connectivity index (χ4v) is 3.90. The molecular formula is C20H37N3O4. The normalized spacial score (nSPS) is 20.0. The first-order valence-electron chi connectivity index (χ1n) is 10.2. The molecule has 7 nitrogen and oxygen atoms in total. The van der Waals surface area contributed by atoms with E-state index in [4.69, 9.17) is 11.5 Å². The Balaban J connectivity index is 2.79. The van der Waals surface area contributed by atoms with Crippen LogP contribution in [0.4, 0.5) is 0 Å². The fraction of sp³-hybridized carbons (Fsp3) is 0.850. The summed E-state index contributed by atoms with van der Waals surface area (Å²) in [5, 5.41) is 12.7. The highest BCUT2D eigenvalue weighted by Gasteiger charge is 2.34. The highest BCUT2D eigenvalue weighted by atomic mass is 16.3. The number of aliphatic hydroxyl groups excluding tert-OH is 1. The van der Waals surface area contributed by atoms with Crippen molar-refractivity contribution in [1.82, 2.24) is 5.32 Å². The Morgan fingerprint density at radius 1 is 1.04 bits per heavy atom. The zero-order valence-corrected chi connectivity index (χ0v) is 16.9. The van der Waals surface area contributed by atoms with Gasteiger partial charge in [0.2, 0.25) is 5.91 Å². The van der Waals surface area contributed by atoms with Gasteiger partial charge in [-0.25, -0.2) is 0 Å². The zero-order valence-electron chi connectivity index (χ0n) is 16.9. The first-order chi connectivity index (χ1) is 12.7. The van der Waals surface area contributed by atoms with E-state index in [1.165, 1.54) is 13.3 Å². The number of hydrogen-bond acceptors (Lipinski definition) is 6. The quantitative estimate of drug-likeness (QED) is 0.416. The van der Waals surface area contributed by atoms with Gasteiger partial charge < -0.3 is 21.9 Å². The van der Waals surface area contributed by atoms with Gasteiger partial charge in [0.1, 0.15) is 5.78 Å². The van der Waals surface area contributed by atoms with E-state index in [9.17, 15) is 19.5 Å². The molecule has 2 unspecified atom stereocenters. The van der Waals surface area contributed by atoms with Crippen molar-refractivity contribution < 1.29 is 19.5 Å². The molecule has 0 aliphatic heterocycles. The Labute approximate surface area is 162 Å². The second-order valence-electron chi connectivity index (χ2n) is 8.11. The average molecular weight is 384 g/mol. The lowest BCUT2D eigenvalue weighted by atomic mass is 9.76. The summed E-state index contributed by atoms with van der Waals surface area (Å²) < 4.78 is 0. The molecule has 6 N–H and O–H groups in total. The van der Waals surface area contributed by atoms with Crippen molar-refractivity contribution in [3.8, 4) is 0 Å². The SMILES string of the molecule is CC(C)C(=O)[C@H](CN)NC(=O)[C@@H](CC(=O)C(CN)C1CCCCC1)C(C)O. The third-order valence-electron chi connectivity index (χ3n) is 5.69. The molecule has 1 saturated carbocycles. The molecule has 1 aliphatic rings. The lowest BCUT2D eigenvalue weighted by Gasteiger charge is -2.30. The Kier molecular flexibility index (Phi) is 10.1. The molecule has 0 bridgehead atoms. The van der Waals surface area contributed by atoms with Gasteiger partial charge in [0.05, 0.1) is 18.1 Å². The van der Waals surface area contributed by atoms with Crippen molar-refractivity contribution in [2.24, 2.45) is 35.1 Å². The van der Waals surface area contributed by atoms with Crippen LogP contribution in [-0.4, -0.2) is 47.8 Å². The van der Waals surface area contributed by atoms with Crippen LogP contribution in [-0.2, 0) is 14.4 Å². The average Bonchev–Trinajstić information content (AvgIpc) is 2.64. The maximum Gasteiger partial charge on any atom is 0.226 e. The van der Waals surface area contributed by atoms with Crippen LogP contribution in [0.15, 0.2) is 0 Å². The van der Waals surface area contributed by atoms with Gasteiger partial charge in [0, 0.05) is 31.3 Å². The van der Waals surface area contributed by atoms with Crippen LogP contribution >= 0.6 is 0 Å². The summed E-state index contributed by atoms with van der Waals surface area (Å²) >= 11 is 0. The third kappa shape index (κ3) is 6.97. The molecule has 1 fully saturated rings. The lowest BCUT2D eigenvalue weighted by Crippen LogP contribution is -2.51. The van der Waals surface area contributed by atoms with E-state index in [1.54, 1.807) is 13.8 Å². The first kappa shape index (κ1) is 23.7. The molecule has 0 heterocycles. The van der Waals surface area contributed by atoms with Crippen LogP contribution < -0.4 is 16.8 Å². The summed E-state index contributed by atoms with van der Waals surface area (Å²) in [6, 6.07) is -0.808. The minimum absolute atomic E-state index is 0.0171. The summed E-state index contributed by atoms with van der Waals surface area (Å²) in [5.74, 6) is -1.95. The highest BCUT2D eigenvalue weighted by Crippen LogP contribution is 2.31. The number of nitrogens with one attached hydrogen (secondary N) is 1. The maximum absolute atomic E-state index is 12.8. The van der Waals surface area contributed by atoms with Crippen LogP contribution in [0, 0.1) is 23.7 Å². The van der Waals surface area contributed by atoms with Gasteiger partial charge in [-0.1, -0.05) is 33.1 Å². The number of aliphatic hydroxyl groups is 1. The number of amides is 1. The highest BCUT2D eigenvalue weighted by molar-refractivity contribution is 5.93. The fourth-order valence-electron chi connectivity index (χ4n) is 3.90. The zero-order chi connectivity index (χ0) is 20.6. The molecule has 0 aromatic carbocycles. The largest absolute Gasteiger partial charge is 0.393 e. The van der Waals surface area contributed by atoms with Gasteiger partial charge in [-0.2, -0.15) is 0 Å². The van der Waals surface area contributed by atoms with Gasteiger partial charge in [0.25, 0.3) is 0 Å². The lowest BCUT2D eigenvalue weighted by molar-refractivity contribution is -0.137. The van der Waals surface area contributed by atoms with E-state index in [-0.39, 0.29) is 48.8 Å². The molecule has 4 atom stereocenters. The number of nitrogens with two attached hydrogens (primary N) is 2. The Morgan fingerprint density at radius 2 is 1.63 bits per heavy atom. The Morgan fingerprint density at radius 3 is 2.07 bits per heavy atom. The van der Waals surface area contributed by atoms with E-state index >= 15 is 0 Å². The summed E-state index contributed by atoms with van der Waals surface area (Å²) in [4.78, 5) is 37.6. The Bertz CT molecular complexity index is 501. The third-order valence-corrected chi connectivity index (χ3v) is 5.69. The first-order valence-corrected chi connectivity index (χ1v) is 10.2. The molecule has 1 rings (SSSR count). The van der Waals surface area contributed by atoms with Crippen LogP contribution in [0.1, 0.15) is 59.3 Å². The summed E-state index contributed by atoms with van der Waals surface area (Å²) in [6.07, 6.45) is 4.27. The maximum atomic E-state index is 12.8. The topological polar surface area (TPSA) is 136 Å². The molecule has 0 aromatic rings. The predicted molar refractivity (Wildman–Crippen MR) is 105 cm³/mol. The molecule has 156 valence electrons. The van der Waals surface area contributed by atoms with Crippen molar-refractivity contribution in [1.29, 1.82) is 0 Å². The van der Waals surface area contributed by atoms with Crippen LogP contribution in [0.2, 0.25) is 0 Å². The second-order valence-corrected chi connectivity index (χ2v) is 8.11. The van der Waals surface area contributed by atoms with Gasteiger partial charge >= 0.3 is 0 Å². The van der Waals surface area contributed by atoms with E-state index in [2.05, 4.69) is 5.32 Å². The second kappa shape index (κ2) is 11.5. The minimum Gasteiger partial charge on any atom is -0.393 e. The summed E-state index contributed by atoms with van der Waals surface area (Å²) in [6.45, 7) is 5.20. The number of carbonyl (C=O) groups is 3. The Hall–Kier alpha value is -1.31. The van der Waals surface area contributed by atoms with Crippen LogP contribution in [0.3, 0.4) is 0 Å². The molecular weight excluding hydrogens is 346 g/mol. The van der Waals surface area contributed by atoms with Gasteiger partial charge in [-0.15, -0.1) is 0 Å². The molecule has 1 aliphatic carbocycles. The van der Waals surface area contributed by atoms with Crippen LogP contribution in [0.5, 0.6) is 0 Å². The van der Waals surface area contributed by atoms with Gasteiger partial charge in [-0.3, -0.25) is 14.4 Å². The van der Waals surface area contributed by atoms with Gasteiger partial charge in [-0.05, 0) is 25.7 Å². The van der Waals surface area contributed by atoms with Gasteiger partial charge in [0.15, 0.2) is 5.78 Å². The molecule has 0 aromatic heterocycles. The smallest absolute Gasteiger partial charge is 0.226 e. The number of ketones is 2. The van der Waals surface area contributed by atoms with E-state index in [1.807, 2.05) is 0 Å².